The van der Waals surface area contributed by atoms with Crippen LogP contribution < -0.4 is 9.80 Å². The lowest BCUT2D eigenvalue weighted by molar-refractivity contribution is 0.432. The summed E-state index contributed by atoms with van der Waals surface area (Å²) in [6, 6.07) is 16.6. The van der Waals surface area contributed by atoms with Crippen molar-refractivity contribution in [2.24, 2.45) is 5.92 Å². The van der Waals surface area contributed by atoms with Crippen LogP contribution in [0.5, 0.6) is 0 Å². The molecule has 2 heterocycles. The minimum Gasteiger partial charge on any atom is -0.378 e. The first-order chi connectivity index (χ1) is 13.1. The van der Waals surface area contributed by atoms with E-state index in [1.807, 2.05) is 26.2 Å². The monoisotopic (exact) mass is 362 g/mol. The Bertz CT molecular complexity index is 893. The molecule has 3 aromatic rings. The fourth-order valence-corrected chi connectivity index (χ4v) is 3.46. The second-order valence-corrected chi connectivity index (χ2v) is 7.58. The van der Waals surface area contributed by atoms with Crippen molar-refractivity contribution in [1.82, 2.24) is 10.1 Å². The Kier molecular flexibility index (Phi) is 4.84. The van der Waals surface area contributed by atoms with E-state index in [4.69, 9.17) is 4.52 Å². The molecule has 1 aliphatic heterocycles. The van der Waals surface area contributed by atoms with E-state index in [-0.39, 0.29) is 0 Å². The zero-order chi connectivity index (χ0) is 18.8. The molecule has 2 aromatic carbocycles. The third-order valence-corrected chi connectivity index (χ3v) is 5.31. The van der Waals surface area contributed by atoms with Gasteiger partial charge in [-0.3, -0.25) is 0 Å². The predicted octanol–water partition coefficient (Wildman–Crippen LogP) is 4.71. The van der Waals surface area contributed by atoms with Gasteiger partial charge >= 0.3 is 0 Å². The van der Waals surface area contributed by atoms with Crippen LogP contribution in [0.15, 0.2) is 53.1 Å². The number of nitrogens with zero attached hydrogens (tertiary/aromatic N) is 4. The van der Waals surface area contributed by atoms with Gasteiger partial charge in [-0.2, -0.15) is 4.98 Å². The molecule has 27 heavy (non-hydrogen) atoms. The number of hydrogen-bond donors (Lipinski definition) is 0. The third kappa shape index (κ3) is 3.82. The van der Waals surface area contributed by atoms with Crippen molar-refractivity contribution in [3.05, 3.63) is 48.5 Å². The summed E-state index contributed by atoms with van der Waals surface area (Å²) in [5.74, 6) is 2.01. The molecule has 0 amide bonds. The van der Waals surface area contributed by atoms with Crippen LogP contribution in [0.4, 0.5) is 11.4 Å². The Morgan fingerprint density at radius 1 is 1.00 bits per heavy atom. The zero-order valence-electron chi connectivity index (χ0n) is 16.2. The summed E-state index contributed by atoms with van der Waals surface area (Å²) in [5, 5.41) is 4.18. The Labute approximate surface area is 160 Å². The van der Waals surface area contributed by atoms with Crippen molar-refractivity contribution in [3.63, 3.8) is 0 Å². The fraction of sp³-hybridized carbons (Fsp3) is 0.364. The van der Waals surface area contributed by atoms with E-state index in [0.717, 1.165) is 35.8 Å². The van der Waals surface area contributed by atoms with Crippen LogP contribution in [0.3, 0.4) is 0 Å². The summed E-state index contributed by atoms with van der Waals surface area (Å²) in [5.41, 5.74) is 4.28. The first-order valence-electron chi connectivity index (χ1n) is 9.57. The molecule has 1 aliphatic rings. The van der Waals surface area contributed by atoms with Crippen LogP contribution >= 0.6 is 0 Å². The van der Waals surface area contributed by atoms with Gasteiger partial charge in [0, 0.05) is 49.7 Å². The average molecular weight is 362 g/mol. The SMILES string of the molecule is CC1CCN(c2ccc(-c3noc(-c4cccc(N(C)C)c4)n3)cc2)CC1. The van der Waals surface area contributed by atoms with E-state index in [2.05, 4.69) is 63.3 Å². The molecule has 0 spiro atoms. The zero-order valence-corrected chi connectivity index (χ0v) is 16.2. The number of anilines is 2. The van der Waals surface area contributed by atoms with Crippen molar-refractivity contribution in [2.75, 3.05) is 37.0 Å². The Hall–Kier alpha value is -2.82. The molecule has 0 radical (unpaired) electrons. The second-order valence-electron chi connectivity index (χ2n) is 7.58. The topological polar surface area (TPSA) is 45.4 Å². The maximum absolute atomic E-state index is 5.51. The quantitative estimate of drug-likeness (QED) is 0.673. The molecule has 0 N–H and O–H groups in total. The summed E-state index contributed by atoms with van der Waals surface area (Å²) < 4.78 is 5.51. The summed E-state index contributed by atoms with van der Waals surface area (Å²) in [7, 11) is 4.03. The molecular formula is C22H26N4O. The lowest BCUT2D eigenvalue weighted by Gasteiger charge is -2.32. The normalized spacial score (nSPS) is 15.1. The summed E-state index contributed by atoms with van der Waals surface area (Å²) in [6.07, 6.45) is 2.53. The molecule has 0 bridgehead atoms. The van der Waals surface area contributed by atoms with Crippen molar-refractivity contribution < 1.29 is 4.52 Å². The largest absolute Gasteiger partial charge is 0.378 e. The van der Waals surface area contributed by atoms with E-state index < -0.39 is 0 Å². The molecule has 140 valence electrons. The first-order valence-corrected chi connectivity index (χ1v) is 9.57. The average Bonchev–Trinajstić information content (AvgIpc) is 3.19. The lowest BCUT2D eigenvalue weighted by atomic mass is 9.98. The molecular weight excluding hydrogens is 336 g/mol. The Morgan fingerprint density at radius 2 is 1.74 bits per heavy atom. The van der Waals surface area contributed by atoms with Gasteiger partial charge in [0.25, 0.3) is 5.89 Å². The van der Waals surface area contributed by atoms with E-state index in [9.17, 15) is 0 Å². The van der Waals surface area contributed by atoms with E-state index in [1.165, 1.54) is 18.5 Å². The lowest BCUT2D eigenvalue weighted by Crippen LogP contribution is -2.32. The molecule has 0 unspecified atom stereocenters. The van der Waals surface area contributed by atoms with Crippen molar-refractivity contribution >= 4 is 11.4 Å². The predicted molar refractivity (Wildman–Crippen MR) is 110 cm³/mol. The molecule has 0 aliphatic carbocycles. The van der Waals surface area contributed by atoms with Crippen LogP contribution in [-0.4, -0.2) is 37.3 Å². The molecule has 5 nitrogen and oxygen atoms in total. The van der Waals surface area contributed by atoms with Gasteiger partial charge in [-0.15, -0.1) is 0 Å². The molecule has 0 atom stereocenters. The number of rotatable bonds is 4. The number of hydrogen-bond acceptors (Lipinski definition) is 5. The van der Waals surface area contributed by atoms with Gasteiger partial charge in [0.1, 0.15) is 0 Å². The van der Waals surface area contributed by atoms with Gasteiger partial charge in [0.05, 0.1) is 0 Å². The molecule has 1 saturated heterocycles. The van der Waals surface area contributed by atoms with Crippen LogP contribution in [0.1, 0.15) is 19.8 Å². The van der Waals surface area contributed by atoms with E-state index >= 15 is 0 Å². The van der Waals surface area contributed by atoms with E-state index in [1.54, 1.807) is 0 Å². The minimum atomic E-state index is 0.544. The maximum Gasteiger partial charge on any atom is 0.258 e. The smallest absolute Gasteiger partial charge is 0.258 e. The Balaban J connectivity index is 1.52. The summed E-state index contributed by atoms with van der Waals surface area (Å²) in [4.78, 5) is 9.11. The molecule has 1 aromatic heterocycles. The van der Waals surface area contributed by atoms with Crippen LogP contribution in [-0.2, 0) is 0 Å². The third-order valence-electron chi connectivity index (χ3n) is 5.31. The Morgan fingerprint density at radius 3 is 2.44 bits per heavy atom. The highest BCUT2D eigenvalue weighted by molar-refractivity contribution is 5.65. The van der Waals surface area contributed by atoms with Gasteiger partial charge in [-0.1, -0.05) is 18.1 Å². The van der Waals surface area contributed by atoms with E-state index in [0.29, 0.717) is 11.7 Å². The number of piperidine rings is 1. The van der Waals surface area contributed by atoms with Crippen LogP contribution in [0.2, 0.25) is 0 Å². The van der Waals surface area contributed by atoms with Crippen molar-refractivity contribution in [2.45, 2.75) is 19.8 Å². The highest BCUT2D eigenvalue weighted by Crippen LogP contribution is 2.28. The molecule has 4 rings (SSSR count). The highest BCUT2D eigenvalue weighted by atomic mass is 16.5. The standard InChI is InChI=1S/C22H26N4O/c1-16-11-13-26(14-12-16)19-9-7-17(8-10-19)21-23-22(27-24-21)18-5-4-6-20(15-18)25(2)3/h4-10,15-16H,11-14H2,1-3H3. The van der Waals surface area contributed by atoms with Gasteiger partial charge in [-0.25, -0.2) is 0 Å². The van der Waals surface area contributed by atoms with Crippen molar-refractivity contribution in [3.8, 4) is 22.8 Å². The van der Waals surface area contributed by atoms with Gasteiger partial charge in [0.2, 0.25) is 5.82 Å². The number of aromatic nitrogens is 2. The molecule has 5 heteroatoms. The van der Waals surface area contributed by atoms with Gasteiger partial charge < -0.3 is 14.3 Å². The summed E-state index contributed by atoms with van der Waals surface area (Å²) in [6.45, 7) is 4.60. The number of benzene rings is 2. The highest BCUT2D eigenvalue weighted by Gasteiger charge is 2.17. The molecule has 0 saturated carbocycles. The second kappa shape index (κ2) is 7.43. The van der Waals surface area contributed by atoms with Crippen molar-refractivity contribution in [1.29, 1.82) is 0 Å². The maximum atomic E-state index is 5.51. The molecule has 1 fully saturated rings. The minimum absolute atomic E-state index is 0.544. The van der Waals surface area contributed by atoms with Crippen LogP contribution in [0, 0.1) is 5.92 Å². The van der Waals surface area contributed by atoms with Crippen LogP contribution in [0.25, 0.3) is 22.8 Å². The fourth-order valence-electron chi connectivity index (χ4n) is 3.46. The first kappa shape index (κ1) is 17.6. The summed E-state index contributed by atoms with van der Waals surface area (Å²) >= 11 is 0. The van der Waals surface area contributed by atoms with Gasteiger partial charge in [-0.05, 0) is 61.2 Å². The van der Waals surface area contributed by atoms with Gasteiger partial charge in [0.15, 0.2) is 0 Å².